The molecule has 1 aromatic carbocycles. The number of esters is 1. The lowest BCUT2D eigenvalue weighted by atomic mass is 10.2. The number of nitrogens with one attached hydrogen (secondary N) is 1. The number of ether oxygens (including phenoxy) is 1. The second-order valence-electron chi connectivity index (χ2n) is 3.80. The number of anilines is 1. The largest absolute Gasteiger partial charge is 0.462 e. The van der Waals surface area contributed by atoms with Crippen LogP contribution in [0.3, 0.4) is 0 Å². The molecule has 0 aliphatic carbocycles. The van der Waals surface area contributed by atoms with Gasteiger partial charge in [0.15, 0.2) is 0 Å². The summed E-state index contributed by atoms with van der Waals surface area (Å²) in [5, 5.41) is 2.82. The van der Waals surface area contributed by atoms with Gasteiger partial charge < -0.3 is 10.1 Å². The molecular weight excluding hydrogens is 266 g/mol. The minimum Gasteiger partial charge on any atom is -0.462 e. The summed E-state index contributed by atoms with van der Waals surface area (Å²) in [7, 11) is 1.11. The Morgan fingerprint density at radius 1 is 1.26 bits per heavy atom. The number of fused-ring (bicyclic) bond motifs is 1. The summed E-state index contributed by atoms with van der Waals surface area (Å²) in [4.78, 5) is 35.4. The van der Waals surface area contributed by atoms with Crippen molar-refractivity contribution in [2.75, 3.05) is 12.4 Å². The predicted octanol–water partition coefficient (Wildman–Crippen LogP) is 1.68. The highest BCUT2D eigenvalue weighted by molar-refractivity contribution is 7.18. The van der Waals surface area contributed by atoms with Crippen molar-refractivity contribution < 1.29 is 14.3 Å². The summed E-state index contributed by atoms with van der Waals surface area (Å²) in [6.07, 6.45) is 0. The zero-order chi connectivity index (χ0) is 14.0. The molecule has 5 nitrogen and oxygen atoms in total. The van der Waals surface area contributed by atoms with E-state index in [1.807, 2.05) is 12.1 Å². The van der Waals surface area contributed by atoms with Crippen LogP contribution in [0.1, 0.15) is 4.88 Å². The van der Waals surface area contributed by atoms with Gasteiger partial charge >= 0.3 is 11.9 Å². The first kappa shape index (κ1) is 13.2. The van der Waals surface area contributed by atoms with Crippen LogP contribution in [0.25, 0.3) is 10.1 Å². The summed E-state index contributed by atoms with van der Waals surface area (Å²) in [6.45, 7) is 1.71. The Balaban J connectivity index is 2.52. The summed E-state index contributed by atoms with van der Waals surface area (Å²) in [5.41, 5.74) is -0.178. The van der Waals surface area contributed by atoms with Gasteiger partial charge in [0, 0.05) is 15.0 Å². The molecule has 0 saturated carbocycles. The molecule has 98 valence electrons. The van der Waals surface area contributed by atoms with E-state index in [9.17, 15) is 14.4 Å². The predicted molar refractivity (Wildman–Crippen MR) is 73.5 cm³/mol. The Labute approximate surface area is 112 Å². The summed E-state index contributed by atoms with van der Waals surface area (Å²) < 4.78 is 5.14. The fourth-order valence-corrected chi connectivity index (χ4v) is 2.65. The average molecular weight is 277 g/mol. The zero-order valence-corrected chi connectivity index (χ0v) is 11.2. The first-order valence-electron chi connectivity index (χ1n) is 5.46. The first-order valence-corrected chi connectivity index (χ1v) is 6.28. The molecule has 0 bridgehead atoms. The van der Waals surface area contributed by atoms with Gasteiger partial charge in [0.2, 0.25) is 5.43 Å². The molecule has 0 fully saturated rings. The molecule has 1 aromatic heterocycles. The molecule has 0 aliphatic heterocycles. The lowest BCUT2D eigenvalue weighted by Gasteiger charge is -2.07. The molecule has 1 amide bonds. The van der Waals surface area contributed by atoms with Gasteiger partial charge in [0.1, 0.15) is 5.69 Å². The quantitative estimate of drug-likeness (QED) is 0.636. The molecule has 0 atom stereocenters. The maximum absolute atomic E-state index is 12.2. The smallest absolute Gasteiger partial charge is 0.396 e. The highest BCUT2D eigenvalue weighted by atomic mass is 32.1. The van der Waals surface area contributed by atoms with E-state index in [4.69, 9.17) is 0 Å². The second-order valence-corrected chi connectivity index (χ2v) is 5.06. The third kappa shape index (κ3) is 2.48. The lowest BCUT2D eigenvalue weighted by Crippen LogP contribution is -2.27. The van der Waals surface area contributed by atoms with Crippen LogP contribution < -0.4 is 10.7 Å². The van der Waals surface area contributed by atoms with E-state index >= 15 is 0 Å². The molecule has 1 heterocycles. The van der Waals surface area contributed by atoms with Crippen LogP contribution in [0.4, 0.5) is 5.69 Å². The summed E-state index contributed by atoms with van der Waals surface area (Å²) in [6, 6.07) is 7.10. The molecule has 19 heavy (non-hydrogen) atoms. The van der Waals surface area contributed by atoms with Crippen LogP contribution in [0.15, 0.2) is 29.1 Å². The lowest BCUT2D eigenvalue weighted by molar-refractivity contribution is -0.150. The molecule has 0 radical (unpaired) electrons. The van der Waals surface area contributed by atoms with Gasteiger partial charge in [-0.3, -0.25) is 9.59 Å². The number of hydrogen-bond donors (Lipinski definition) is 1. The number of carbonyl (C=O) groups is 2. The van der Waals surface area contributed by atoms with Crippen molar-refractivity contribution in [3.05, 3.63) is 39.4 Å². The monoisotopic (exact) mass is 277 g/mol. The maximum atomic E-state index is 12.2. The van der Waals surface area contributed by atoms with E-state index in [0.717, 1.165) is 11.8 Å². The van der Waals surface area contributed by atoms with Gasteiger partial charge in [-0.2, -0.15) is 0 Å². The molecule has 0 unspecified atom stereocenters. The van der Waals surface area contributed by atoms with Gasteiger partial charge in [0.25, 0.3) is 0 Å². The van der Waals surface area contributed by atoms with E-state index in [2.05, 4.69) is 10.1 Å². The number of amides is 1. The van der Waals surface area contributed by atoms with Gasteiger partial charge in [-0.15, -0.1) is 11.3 Å². The maximum Gasteiger partial charge on any atom is 0.396 e. The third-order valence-corrected chi connectivity index (χ3v) is 3.67. The topological polar surface area (TPSA) is 72.5 Å². The van der Waals surface area contributed by atoms with E-state index in [0.29, 0.717) is 10.3 Å². The van der Waals surface area contributed by atoms with Gasteiger partial charge in [-0.25, -0.2) is 4.79 Å². The Morgan fingerprint density at radius 2 is 1.95 bits per heavy atom. The fourth-order valence-electron chi connectivity index (χ4n) is 1.66. The minimum atomic E-state index is -1.03. The fraction of sp³-hybridized carbons (Fsp3) is 0.154. The van der Waals surface area contributed by atoms with Crippen molar-refractivity contribution >= 4 is 39.0 Å². The van der Waals surface area contributed by atoms with E-state index in [1.54, 1.807) is 19.1 Å². The second kappa shape index (κ2) is 5.19. The number of benzene rings is 1. The Bertz CT molecular complexity index is 720. The van der Waals surface area contributed by atoms with Gasteiger partial charge in [0.05, 0.1) is 7.11 Å². The van der Waals surface area contributed by atoms with Crippen LogP contribution in [-0.4, -0.2) is 19.0 Å². The van der Waals surface area contributed by atoms with Crippen molar-refractivity contribution in [3.8, 4) is 0 Å². The van der Waals surface area contributed by atoms with Gasteiger partial charge in [-0.05, 0) is 19.1 Å². The highest BCUT2D eigenvalue weighted by Crippen LogP contribution is 2.23. The van der Waals surface area contributed by atoms with Crippen molar-refractivity contribution in [2.45, 2.75) is 6.92 Å². The normalized spacial score (nSPS) is 10.2. The van der Waals surface area contributed by atoms with Crippen LogP contribution in [0.2, 0.25) is 0 Å². The zero-order valence-electron chi connectivity index (χ0n) is 10.4. The van der Waals surface area contributed by atoms with Crippen molar-refractivity contribution in [2.24, 2.45) is 0 Å². The number of aryl methyl sites for hydroxylation is 1. The molecule has 6 heteroatoms. The molecule has 2 rings (SSSR count). The number of methoxy groups -OCH3 is 1. The van der Waals surface area contributed by atoms with Crippen molar-refractivity contribution in [1.29, 1.82) is 0 Å². The number of carbonyl (C=O) groups excluding carboxylic acids is 2. The van der Waals surface area contributed by atoms with Crippen LogP contribution in [0, 0.1) is 6.92 Å². The first-order chi connectivity index (χ1) is 9.04. The van der Waals surface area contributed by atoms with Gasteiger partial charge in [-0.1, -0.05) is 12.1 Å². The molecule has 2 aromatic rings. The Kier molecular flexibility index (Phi) is 3.62. The van der Waals surface area contributed by atoms with Crippen LogP contribution >= 0.6 is 11.3 Å². The van der Waals surface area contributed by atoms with Crippen LogP contribution in [0.5, 0.6) is 0 Å². The average Bonchev–Trinajstić information content (AvgIpc) is 2.42. The summed E-state index contributed by atoms with van der Waals surface area (Å²) >= 11 is 1.38. The Hall–Kier alpha value is -2.21. The number of hydrogen-bond acceptors (Lipinski definition) is 5. The molecular formula is C13H11NO4S. The van der Waals surface area contributed by atoms with Crippen molar-refractivity contribution in [1.82, 2.24) is 0 Å². The van der Waals surface area contributed by atoms with E-state index < -0.39 is 11.9 Å². The standard InChI is InChI=1S/C13H11NO4S/c1-7-10(14-12(16)13(17)18-2)11(15)8-5-3-4-6-9(8)19-7/h3-6H,1-2H3,(H,14,16). The molecule has 0 saturated heterocycles. The van der Waals surface area contributed by atoms with E-state index in [1.165, 1.54) is 11.3 Å². The Morgan fingerprint density at radius 3 is 2.63 bits per heavy atom. The molecule has 1 N–H and O–H groups in total. The van der Waals surface area contributed by atoms with Crippen molar-refractivity contribution in [3.63, 3.8) is 0 Å². The third-order valence-electron chi connectivity index (χ3n) is 2.58. The van der Waals surface area contributed by atoms with E-state index in [-0.39, 0.29) is 11.1 Å². The molecule has 0 spiro atoms. The number of rotatable bonds is 1. The highest BCUT2D eigenvalue weighted by Gasteiger charge is 2.18. The SMILES string of the molecule is COC(=O)C(=O)Nc1c(C)sc2ccccc2c1=O. The van der Waals surface area contributed by atoms with Crippen LogP contribution in [-0.2, 0) is 14.3 Å². The molecule has 0 aliphatic rings. The minimum absolute atomic E-state index is 0.124. The summed E-state index contributed by atoms with van der Waals surface area (Å²) in [5.74, 6) is -1.98.